The van der Waals surface area contributed by atoms with E-state index >= 15 is 0 Å². The van der Waals surface area contributed by atoms with E-state index in [9.17, 15) is 4.79 Å². The number of hydrogen-bond donors (Lipinski definition) is 2. The maximum atomic E-state index is 12.2. The molecule has 1 amide bonds. The molecule has 0 aromatic heterocycles. The molecule has 2 N–H and O–H groups in total. The van der Waals surface area contributed by atoms with Gasteiger partial charge in [-0.2, -0.15) is 0 Å². The van der Waals surface area contributed by atoms with E-state index in [1.807, 2.05) is 12.1 Å². The fraction of sp³-hybridized carbons (Fsp3) is 0.562. The number of methoxy groups -OCH3 is 1. The molecule has 1 saturated heterocycles. The summed E-state index contributed by atoms with van der Waals surface area (Å²) in [5.74, 6) is 1.18. The molecule has 124 valence electrons. The lowest BCUT2D eigenvalue weighted by Crippen LogP contribution is -2.38. The molecule has 0 aliphatic carbocycles. The number of piperidine rings is 1. The molecule has 1 fully saturated rings. The standard InChI is InChI=1S/C16H24N2O3.ClH/c1-20-8-9-21-15-6-2-5-14(10-15)16(19)18-12-13-4-3-7-17-11-13;/h2,5-6,10,13,17H,3-4,7-9,11-12H2,1H3,(H,18,19);1H. The van der Waals surface area contributed by atoms with Gasteiger partial charge < -0.3 is 20.1 Å². The van der Waals surface area contributed by atoms with Crippen molar-refractivity contribution in [3.63, 3.8) is 0 Å². The van der Waals surface area contributed by atoms with Crippen LogP contribution >= 0.6 is 12.4 Å². The minimum atomic E-state index is -0.0437. The summed E-state index contributed by atoms with van der Waals surface area (Å²) in [5.41, 5.74) is 0.633. The van der Waals surface area contributed by atoms with Crippen LogP contribution in [0.5, 0.6) is 5.75 Å². The Balaban J connectivity index is 0.00000242. The van der Waals surface area contributed by atoms with Crippen molar-refractivity contribution in [2.75, 3.05) is 40.0 Å². The summed E-state index contributed by atoms with van der Waals surface area (Å²) in [6, 6.07) is 7.25. The molecule has 0 radical (unpaired) electrons. The molecule has 6 heteroatoms. The third kappa shape index (κ3) is 6.22. The summed E-state index contributed by atoms with van der Waals surface area (Å²) in [6.07, 6.45) is 2.36. The molecular weight excluding hydrogens is 304 g/mol. The lowest BCUT2D eigenvalue weighted by Gasteiger charge is -2.22. The molecule has 1 unspecified atom stereocenters. The number of benzene rings is 1. The molecule has 1 aliphatic rings. The average Bonchev–Trinajstić information content (AvgIpc) is 2.54. The van der Waals surface area contributed by atoms with Crippen molar-refractivity contribution in [2.45, 2.75) is 12.8 Å². The summed E-state index contributed by atoms with van der Waals surface area (Å²) in [7, 11) is 1.63. The van der Waals surface area contributed by atoms with Crippen LogP contribution in [0.4, 0.5) is 0 Å². The highest BCUT2D eigenvalue weighted by Gasteiger charge is 2.14. The molecule has 1 aromatic rings. The van der Waals surface area contributed by atoms with Crippen LogP contribution in [0.25, 0.3) is 0 Å². The molecule has 1 heterocycles. The van der Waals surface area contributed by atoms with Crippen LogP contribution in [0.3, 0.4) is 0 Å². The smallest absolute Gasteiger partial charge is 0.251 e. The van der Waals surface area contributed by atoms with Crippen LogP contribution in [0.15, 0.2) is 24.3 Å². The molecule has 0 spiro atoms. The van der Waals surface area contributed by atoms with Gasteiger partial charge in [0.15, 0.2) is 0 Å². The highest BCUT2D eigenvalue weighted by Crippen LogP contribution is 2.14. The van der Waals surface area contributed by atoms with Crippen LogP contribution < -0.4 is 15.4 Å². The van der Waals surface area contributed by atoms with E-state index in [1.165, 1.54) is 12.8 Å². The molecule has 5 nitrogen and oxygen atoms in total. The van der Waals surface area contributed by atoms with E-state index in [0.29, 0.717) is 30.4 Å². The third-order valence-electron chi connectivity index (χ3n) is 3.60. The van der Waals surface area contributed by atoms with Gasteiger partial charge in [-0.1, -0.05) is 6.07 Å². The molecule has 0 saturated carbocycles. The summed E-state index contributed by atoms with van der Waals surface area (Å²) in [6.45, 7) is 3.81. The van der Waals surface area contributed by atoms with Crippen molar-refractivity contribution in [3.8, 4) is 5.75 Å². The molecule has 0 bridgehead atoms. The Labute approximate surface area is 138 Å². The quantitative estimate of drug-likeness (QED) is 0.750. The zero-order valence-corrected chi connectivity index (χ0v) is 13.8. The van der Waals surface area contributed by atoms with Crippen molar-refractivity contribution in [1.82, 2.24) is 10.6 Å². The van der Waals surface area contributed by atoms with Gasteiger partial charge in [-0.15, -0.1) is 12.4 Å². The van der Waals surface area contributed by atoms with Gasteiger partial charge in [0.1, 0.15) is 12.4 Å². The van der Waals surface area contributed by atoms with Gasteiger partial charge in [-0.05, 0) is 50.0 Å². The summed E-state index contributed by atoms with van der Waals surface area (Å²) < 4.78 is 10.5. The number of hydrogen-bond acceptors (Lipinski definition) is 4. The zero-order chi connectivity index (χ0) is 14.9. The fourth-order valence-corrected chi connectivity index (χ4v) is 2.41. The second kappa shape index (κ2) is 10.4. The Morgan fingerprint density at radius 1 is 1.41 bits per heavy atom. The Hall–Kier alpha value is -1.30. The fourth-order valence-electron chi connectivity index (χ4n) is 2.41. The predicted octanol–water partition coefficient (Wildman–Crippen LogP) is 1.86. The van der Waals surface area contributed by atoms with E-state index in [2.05, 4.69) is 10.6 Å². The Morgan fingerprint density at radius 2 is 2.27 bits per heavy atom. The molecule has 1 atom stereocenters. The normalized spacial score (nSPS) is 17.4. The Morgan fingerprint density at radius 3 is 3.00 bits per heavy atom. The minimum absolute atomic E-state index is 0. The first-order valence-corrected chi connectivity index (χ1v) is 7.50. The lowest BCUT2D eigenvalue weighted by atomic mass is 9.99. The Bertz CT molecular complexity index is 451. The predicted molar refractivity (Wildman–Crippen MR) is 89.0 cm³/mol. The van der Waals surface area contributed by atoms with Crippen LogP contribution in [-0.4, -0.2) is 45.9 Å². The number of carbonyl (C=O) groups excluding carboxylic acids is 1. The average molecular weight is 329 g/mol. The van der Waals surface area contributed by atoms with Crippen LogP contribution in [-0.2, 0) is 4.74 Å². The first kappa shape index (κ1) is 18.7. The van der Waals surface area contributed by atoms with E-state index in [0.717, 1.165) is 19.6 Å². The Kier molecular flexibility index (Phi) is 8.89. The topological polar surface area (TPSA) is 59.6 Å². The highest BCUT2D eigenvalue weighted by molar-refractivity contribution is 5.94. The zero-order valence-electron chi connectivity index (χ0n) is 13.0. The monoisotopic (exact) mass is 328 g/mol. The minimum Gasteiger partial charge on any atom is -0.491 e. The van der Waals surface area contributed by atoms with Gasteiger partial charge >= 0.3 is 0 Å². The second-order valence-corrected chi connectivity index (χ2v) is 5.29. The maximum Gasteiger partial charge on any atom is 0.251 e. The van der Waals surface area contributed by atoms with Gasteiger partial charge in [-0.3, -0.25) is 4.79 Å². The van der Waals surface area contributed by atoms with Gasteiger partial charge in [-0.25, -0.2) is 0 Å². The van der Waals surface area contributed by atoms with E-state index < -0.39 is 0 Å². The van der Waals surface area contributed by atoms with Gasteiger partial charge in [0.25, 0.3) is 5.91 Å². The van der Waals surface area contributed by atoms with E-state index in [-0.39, 0.29) is 18.3 Å². The summed E-state index contributed by atoms with van der Waals surface area (Å²) in [5, 5.41) is 6.36. The highest BCUT2D eigenvalue weighted by atomic mass is 35.5. The second-order valence-electron chi connectivity index (χ2n) is 5.29. The maximum absolute atomic E-state index is 12.2. The van der Waals surface area contributed by atoms with Crippen molar-refractivity contribution >= 4 is 18.3 Å². The first-order valence-electron chi connectivity index (χ1n) is 7.50. The summed E-state index contributed by atoms with van der Waals surface area (Å²) >= 11 is 0. The molecular formula is C16H25ClN2O3. The first-order chi connectivity index (χ1) is 10.3. The van der Waals surface area contributed by atoms with E-state index in [4.69, 9.17) is 9.47 Å². The van der Waals surface area contributed by atoms with Crippen molar-refractivity contribution in [1.29, 1.82) is 0 Å². The molecule has 2 rings (SSSR count). The third-order valence-corrected chi connectivity index (χ3v) is 3.60. The van der Waals surface area contributed by atoms with Gasteiger partial charge in [0.2, 0.25) is 0 Å². The largest absolute Gasteiger partial charge is 0.491 e. The number of amides is 1. The van der Waals surface area contributed by atoms with Crippen LogP contribution in [0.2, 0.25) is 0 Å². The molecule has 1 aliphatic heterocycles. The van der Waals surface area contributed by atoms with Crippen molar-refractivity contribution in [3.05, 3.63) is 29.8 Å². The number of nitrogens with one attached hydrogen (secondary N) is 2. The molecule has 22 heavy (non-hydrogen) atoms. The number of halogens is 1. The van der Waals surface area contributed by atoms with Crippen molar-refractivity contribution in [2.24, 2.45) is 5.92 Å². The lowest BCUT2D eigenvalue weighted by molar-refractivity contribution is 0.0944. The summed E-state index contributed by atoms with van der Waals surface area (Å²) in [4.78, 5) is 12.2. The number of rotatable bonds is 7. The number of ether oxygens (including phenoxy) is 2. The van der Waals surface area contributed by atoms with Crippen LogP contribution in [0.1, 0.15) is 23.2 Å². The molecule has 1 aromatic carbocycles. The van der Waals surface area contributed by atoms with Gasteiger partial charge in [0.05, 0.1) is 6.61 Å². The van der Waals surface area contributed by atoms with Gasteiger partial charge in [0, 0.05) is 19.2 Å². The van der Waals surface area contributed by atoms with E-state index in [1.54, 1.807) is 19.2 Å². The SMILES string of the molecule is COCCOc1cccc(C(=O)NCC2CCCNC2)c1.Cl. The van der Waals surface area contributed by atoms with Crippen molar-refractivity contribution < 1.29 is 14.3 Å². The van der Waals surface area contributed by atoms with Crippen LogP contribution in [0, 0.1) is 5.92 Å². The number of carbonyl (C=O) groups is 1.